The van der Waals surface area contributed by atoms with Crippen LogP contribution < -0.4 is 20.9 Å². The van der Waals surface area contributed by atoms with Crippen LogP contribution in [0.2, 0.25) is 0 Å². The third-order valence-electron chi connectivity index (χ3n) is 3.70. The van der Waals surface area contributed by atoms with E-state index in [4.69, 9.17) is 25.8 Å². The second-order valence-electron chi connectivity index (χ2n) is 6.17. The Morgan fingerprint density at radius 3 is 2.27 bits per heavy atom. The molecular weight excluding hydrogens is 390 g/mol. The number of carbonyl (C=O) groups is 3. The minimum atomic E-state index is -1.08. The first-order valence-corrected chi connectivity index (χ1v) is 8.83. The molecule has 2 aromatic rings. The molecule has 0 unspecified atom stereocenters. The number of ether oxygens (including phenoxy) is 2. The maximum absolute atomic E-state index is 12.3. The van der Waals surface area contributed by atoms with E-state index in [1.54, 1.807) is 42.5 Å². The van der Waals surface area contributed by atoms with Crippen LogP contribution in [0.3, 0.4) is 0 Å². The minimum Gasteiger partial charge on any atom is -0.550 e. The zero-order valence-corrected chi connectivity index (χ0v) is 17.0. The third-order valence-corrected chi connectivity index (χ3v) is 3.70. The molecule has 0 saturated carbocycles. The molecule has 30 heavy (non-hydrogen) atoms. The van der Waals surface area contributed by atoms with Crippen LogP contribution in [0.4, 0.5) is 5.69 Å². The molecule has 0 fully saturated rings. The number of carbonyl (C=O) groups excluding carboxylic acids is 3. The lowest BCUT2D eigenvalue weighted by atomic mass is 10.1. The van der Waals surface area contributed by atoms with Gasteiger partial charge in [-0.2, -0.15) is 0 Å². The second-order valence-corrected chi connectivity index (χ2v) is 6.17. The number of methoxy groups -OCH3 is 1. The van der Waals surface area contributed by atoms with Crippen LogP contribution in [0.25, 0.3) is 0 Å². The van der Waals surface area contributed by atoms with Gasteiger partial charge in [-0.05, 0) is 31.0 Å². The minimum absolute atomic E-state index is 0.0135. The van der Waals surface area contributed by atoms with Gasteiger partial charge in [-0.3, -0.25) is 10.2 Å². The molecule has 0 aliphatic heterocycles. The normalized spacial score (nSPS) is 9.57. The number of aryl methyl sites for hydroxylation is 1. The number of nitrogen functional groups attached to an aromatic ring is 1. The Bertz CT molecular complexity index is 905. The maximum atomic E-state index is 12.3. The van der Waals surface area contributed by atoms with Crippen molar-refractivity contribution in [3.8, 4) is 5.75 Å². The predicted molar refractivity (Wildman–Crippen MR) is 109 cm³/mol. The Balaban J connectivity index is 0.00000103. The lowest BCUT2D eigenvalue weighted by molar-refractivity contribution is -0.302. The average Bonchev–Trinajstić information content (AvgIpc) is 2.68. The number of carboxylic acid groups (broad SMARTS) is 1. The lowest BCUT2D eigenvalue weighted by Crippen LogP contribution is -2.16. The number of esters is 1. The average molecular weight is 414 g/mol. The molecule has 160 valence electrons. The molecule has 0 bridgehead atoms. The van der Waals surface area contributed by atoms with Gasteiger partial charge in [-0.25, -0.2) is 4.79 Å². The Morgan fingerprint density at radius 2 is 1.73 bits per heavy atom. The maximum Gasteiger partial charge on any atom is 0.343 e. The van der Waals surface area contributed by atoms with E-state index in [-0.39, 0.29) is 24.8 Å². The number of anilines is 1. The highest BCUT2D eigenvalue weighted by Crippen LogP contribution is 2.22. The molecule has 0 heterocycles. The predicted octanol–water partition coefficient (Wildman–Crippen LogP) is 0.768. The SMILES string of the molecule is CC(=O)[O-].COC(=O)COc1ccc(C)c(NC(=O)Cc2ccc(C(=N)N)cc2)c1. The molecule has 0 aromatic heterocycles. The van der Waals surface area contributed by atoms with Gasteiger partial charge in [0.1, 0.15) is 11.6 Å². The van der Waals surface area contributed by atoms with Crippen LogP contribution in [0.1, 0.15) is 23.6 Å². The van der Waals surface area contributed by atoms with Gasteiger partial charge >= 0.3 is 5.97 Å². The molecule has 9 heteroatoms. The molecule has 0 radical (unpaired) electrons. The van der Waals surface area contributed by atoms with E-state index in [9.17, 15) is 9.59 Å². The summed E-state index contributed by atoms with van der Waals surface area (Å²) in [4.78, 5) is 32.3. The van der Waals surface area contributed by atoms with Gasteiger partial charge in [0.15, 0.2) is 6.61 Å². The topological polar surface area (TPSA) is 155 Å². The van der Waals surface area contributed by atoms with E-state index >= 15 is 0 Å². The number of nitrogens with one attached hydrogen (secondary N) is 2. The van der Waals surface area contributed by atoms with Crippen molar-refractivity contribution in [3.05, 3.63) is 59.2 Å². The van der Waals surface area contributed by atoms with E-state index in [0.717, 1.165) is 18.1 Å². The summed E-state index contributed by atoms with van der Waals surface area (Å²) in [6, 6.07) is 12.1. The van der Waals surface area contributed by atoms with Gasteiger partial charge in [0.25, 0.3) is 0 Å². The van der Waals surface area contributed by atoms with Gasteiger partial charge in [-0.1, -0.05) is 30.3 Å². The van der Waals surface area contributed by atoms with Gasteiger partial charge < -0.3 is 30.4 Å². The van der Waals surface area contributed by atoms with Gasteiger partial charge in [0, 0.05) is 23.3 Å². The van der Waals surface area contributed by atoms with Crippen LogP contribution in [-0.4, -0.2) is 37.4 Å². The van der Waals surface area contributed by atoms with Crippen molar-refractivity contribution in [1.82, 2.24) is 0 Å². The van der Waals surface area contributed by atoms with Gasteiger partial charge in [0.05, 0.1) is 13.5 Å². The Morgan fingerprint density at radius 1 is 1.13 bits per heavy atom. The third kappa shape index (κ3) is 8.87. The number of benzene rings is 2. The van der Waals surface area contributed by atoms with Crippen molar-refractivity contribution in [2.45, 2.75) is 20.3 Å². The monoisotopic (exact) mass is 414 g/mol. The summed E-state index contributed by atoms with van der Waals surface area (Å²) in [6.07, 6.45) is 0.185. The van der Waals surface area contributed by atoms with Crippen LogP contribution in [0, 0.1) is 12.3 Å². The quantitative estimate of drug-likeness (QED) is 0.343. The fraction of sp³-hybridized carbons (Fsp3) is 0.238. The van der Waals surface area contributed by atoms with E-state index < -0.39 is 11.9 Å². The fourth-order valence-corrected chi connectivity index (χ4v) is 2.21. The molecule has 0 aliphatic rings. The summed E-state index contributed by atoms with van der Waals surface area (Å²) in [5.41, 5.74) is 8.31. The fourth-order valence-electron chi connectivity index (χ4n) is 2.21. The number of amides is 1. The van der Waals surface area contributed by atoms with Gasteiger partial charge in [0.2, 0.25) is 5.91 Å². The van der Waals surface area contributed by atoms with E-state index in [2.05, 4.69) is 10.1 Å². The molecule has 0 aliphatic carbocycles. The van der Waals surface area contributed by atoms with Crippen molar-refractivity contribution in [3.63, 3.8) is 0 Å². The highest BCUT2D eigenvalue weighted by Gasteiger charge is 2.09. The standard InChI is InChI=1S/C19H21N3O4.C2H4O2/c1-12-3-8-15(26-11-18(24)25-2)10-16(12)22-17(23)9-13-4-6-14(7-5-13)19(20)21;1-2(3)4/h3-8,10H,9,11H2,1-2H3,(H3,20,21)(H,22,23);1H3,(H,3,4)/p-1. The highest BCUT2D eigenvalue weighted by atomic mass is 16.6. The van der Waals surface area contributed by atoms with E-state index in [1.807, 2.05) is 6.92 Å². The zero-order valence-electron chi connectivity index (χ0n) is 17.0. The van der Waals surface area contributed by atoms with E-state index in [0.29, 0.717) is 17.0 Å². The Kier molecular flexibility index (Phi) is 9.54. The van der Waals surface area contributed by atoms with Crippen LogP contribution >= 0.6 is 0 Å². The first kappa shape index (κ1) is 24.2. The highest BCUT2D eigenvalue weighted by molar-refractivity contribution is 5.95. The number of hydrogen-bond donors (Lipinski definition) is 3. The smallest absolute Gasteiger partial charge is 0.343 e. The summed E-state index contributed by atoms with van der Waals surface area (Å²) >= 11 is 0. The number of rotatable bonds is 7. The zero-order chi connectivity index (χ0) is 22.7. The molecule has 2 aromatic carbocycles. The number of hydrogen-bond acceptors (Lipinski definition) is 7. The van der Waals surface area contributed by atoms with Crippen LogP contribution in [0.5, 0.6) is 5.75 Å². The van der Waals surface area contributed by atoms with Crippen LogP contribution in [-0.2, 0) is 25.5 Å². The summed E-state index contributed by atoms with van der Waals surface area (Å²) in [7, 11) is 1.29. The van der Waals surface area contributed by atoms with Gasteiger partial charge in [-0.15, -0.1) is 0 Å². The lowest BCUT2D eigenvalue weighted by Gasteiger charge is -2.11. The molecule has 0 saturated heterocycles. The number of aliphatic carboxylic acids is 1. The second kappa shape index (κ2) is 11.8. The van der Waals surface area contributed by atoms with Crippen molar-refractivity contribution in [2.75, 3.05) is 19.0 Å². The van der Waals surface area contributed by atoms with Crippen molar-refractivity contribution < 1.29 is 29.0 Å². The Hall–Kier alpha value is -3.88. The molecule has 4 N–H and O–H groups in total. The largest absolute Gasteiger partial charge is 0.550 e. The molecular formula is C21H24N3O6-. The molecule has 0 spiro atoms. The van der Waals surface area contributed by atoms with Crippen molar-refractivity contribution >= 4 is 29.4 Å². The van der Waals surface area contributed by atoms with Crippen molar-refractivity contribution in [1.29, 1.82) is 5.41 Å². The number of carboxylic acids is 1. The van der Waals surface area contributed by atoms with E-state index in [1.165, 1.54) is 7.11 Å². The van der Waals surface area contributed by atoms with Crippen LogP contribution in [0.15, 0.2) is 42.5 Å². The molecule has 1 amide bonds. The van der Waals surface area contributed by atoms with Crippen molar-refractivity contribution in [2.24, 2.45) is 5.73 Å². The summed E-state index contributed by atoms with van der Waals surface area (Å²) in [6.45, 7) is 2.64. The molecule has 0 atom stereocenters. The molecule has 2 rings (SSSR count). The number of amidine groups is 1. The first-order valence-electron chi connectivity index (χ1n) is 8.83. The summed E-state index contributed by atoms with van der Waals surface area (Å²) in [5, 5.41) is 19.1. The summed E-state index contributed by atoms with van der Waals surface area (Å²) < 4.78 is 9.86. The molecule has 9 nitrogen and oxygen atoms in total. The Labute approximate surface area is 174 Å². The summed E-state index contributed by atoms with van der Waals surface area (Å²) in [5.74, 6) is -1.30. The first-order chi connectivity index (χ1) is 14.1. The number of nitrogens with two attached hydrogens (primary N) is 1.